The summed E-state index contributed by atoms with van der Waals surface area (Å²) in [5, 5.41) is 10.6. The fourth-order valence-electron chi connectivity index (χ4n) is 6.84. The molecular weight excluding hydrogens is 512 g/mol. The SMILES string of the molecule is C=CCCCOC(=O)[C@@H]1[C@@H]2CC(C)C3(S2)C(C(=O)N(CC=C)C(C)(C)C)N([C@H](CO)c2ccccc2)C(=O)[C@H]13. The number of esters is 1. The van der Waals surface area contributed by atoms with Crippen LogP contribution in [0.3, 0.4) is 0 Å². The Kier molecular flexibility index (Phi) is 8.67. The number of hydrogen-bond acceptors (Lipinski definition) is 6. The first kappa shape index (κ1) is 29.4. The number of carbonyl (C=O) groups is 3. The number of fused-ring (bicyclic) bond motifs is 1. The summed E-state index contributed by atoms with van der Waals surface area (Å²) in [5.41, 5.74) is 0.230. The summed E-state index contributed by atoms with van der Waals surface area (Å²) in [4.78, 5) is 46.0. The quantitative estimate of drug-likeness (QED) is 0.248. The molecule has 0 aliphatic carbocycles. The predicted octanol–water partition coefficient (Wildman–Crippen LogP) is 4.38. The van der Waals surface area contributed by atoms with Gasteiger partial charge in [0.1, 0.15) is 6.04 Å². The largest absolute Gasteiger partial charge is 0.465 e. The standard InChI is InChI=1S/C31H42N2O5S/c1-7-9-13-17-38-29(37)24-23-18-20(3)31(39-23)25(24)27(35)33(22(19-34)21-14-11-10-12-15-21)26(31)28(36)32(16-8-2)30(4,5)6/h7-8,10-12,14-15,20,22-26,34H,1-2,9,13,16-19H2,3-6H3/t20?,22-,23+,24-,25+,26?,31?/m1/s1. The maximum Gasteiger partial charge on any atom is 0.310 e. The number of unbranched alkanes of at least 4 members (excludes halogenated alkanes) is 1. The van der Waals surface area contributed by atoms with Crippen LogP contribution in [0, 0.1) is 17.8 Å². The molecule has 1 aromatic rings. The minimum absolute atomic E-state index is 0.0193. The van der Waals surface area contributed by atoms with Gasteiger partial charge in [0.2, 0.25) is 11.8 Å². The number of hydrogen-bond donors (Lipinski definition) is 1. The molecule has 3 fully saturated rings. The Bertz CT molecular complexity index is 1100. The molecule has 4 rings (SSSR count). The van der Waals surface area contributed by atoms with Crippen LogP contribution in [0.1, 0.15) is 58.6 Å². The van der Waals surface area contributed by atoms with Crippen molar-refractivity contribution in [2.45, 2.75) is 74.6 Å². The number of carbonyl (C=O) groups excluding carboxylic acids is 3. The minimum atomic E-state index is -0.838. The van der Waals surface area contributed by atoms with E-state index < -0.39 is 34.2 Å². The molecule has 0 aromatic heterocycles. The number of nitrogens with zero attached hydrogens (tertiary/aromatic N) is 2. The highest BCUT2D eigenvalue weighted by Gasteiger charge is 2.77. The zero-order valence-corrected chi connectivity index (χ0v) is 24.4. The lowest BCUT2D eigenvalue weighted by molar-refractivity contribution is -0.155. The summed E-state index contributed by atoms with van der Waals surface area (Å²) >= 11 is 1.62. The number of rotatable bonds is 11. The van der Waals surface area contributed by atoms with Crippen molar-refractivity contribution >= 4 is 29.5 Å². The van der Waals surface area contributed by atoms with Crippen LogP contribution in [0.25, 0.3) is 0 Å². The van der Waals surface area contributed by atoms with Gasteiger partial charge in [-0.05, 0) is 51.5 Å². The first-order valence-corrected chi connectivity index (χ1v) is 14.8. The highest BCUT2D eigenvalue weighted by Crippen LogP contribution is 2.69. The van der Waals surface area contributed by atoms with Gasteiger partial charge in [-0.2, -0.15) is 0 Å². The van der Waals surface area contributed by atoms with E-state index >= 15 is 0 Å². The van der Waals surface area contributed by atoms with Gasteiger partial charge in [0.25, 0.3) is 0 Å². The summed E-state index contributed by atoms with van der Waals surface area (Å²) in [6.45, 7) is 15.9. The molecule has 1 spiro atoms. The minimum Gasteiger partial charge on any atom is -0.465 e. The van der Waals surface area contributed by atoms with E-state index in [0.29, 0.717) is 13.0 Å². The third-order valence-electron chi connectivity index (χ3n) is 8.57. The van der Waals surface area contributed by atoms with Crippen molar-refractivity contribution in [3.05, 3.63) is 61.2 Å². The van der Waals surface area contributed by atoms with Gasteiger partial charge in [-0.3, -0.25) is 14.4 Å². The van der Waals surface area contributed by atoms with E-state index in [1.165, 1.54) is 0 Å². The molecule has 0 saturated carbocycles. The van der Waals surface area contributed by atoms with E-state index in [0.717, 1.165) is 18.4 Å². The van der Waals surface area contributed by atoms with Crippen molar-refractivity contribution in [2.24, 2.45) is 17.8 Å². The van der Waals surface area contributed by atoms with Crippen molar-refractivity contribution in [1.82, 2.24) is 9.80 Å². The Labute approximate surface area is 236 Å². The molecule has 3 aliphatic heterocycles. The molecule has 212 valence electrons. The van der Waals surface area contributed by atoms with Crippen molar-refractivity contribution in [3.63, 3.8) is 0 Å². The summed E-state index contributed by atoms with van der Waals surface area (Å²) < 4.78 is 4.89. The van der Waals surface area contributed by atoms with Crippen molar-refractivity contribution in [1.29, 1.82) is 0 Å². The molecule has 39 heavy (non-hydrogen) atoms. The Morgan fingerprint density at radius 3 is 2.54 bits per heavy atom. The van der Waals surface area contributed by atoms with Gasteiger partial charge in [-0.15, -0.1) is 24.9 Å². The number of ether oxygens (including phenoxy) is 1. The third kappa shape index (κ3) is 4.95. The number of thioether (sulfide) groups is 1. The molecule has 2 amide bonds. The topological polar surface area (TPSA) is 87.2 Å². The molecule has 2 bridgehead atoms. The van der Waals surface area contributed by atoms with E-state index in [2.05, 4.69) is 20.1 Å². The second kappa shape index (κ2) is 11.5. The van der Waals surface area contributed by atoms with E-state index in [1.807, 2.05) is 51.1 Å². The van der Waals surface area contributed by atoms with Crippen molar-refractivity contribution < 1.29 is 24.2 Å². The Hall–Kier alpha value is -2.58. The van der Waals surface area contributed by atoms with Gasteiger partial charge in [0, 0.05) is 17.3 Å². The highest BCUT2D eigenvalue weighted by atomic mass is 32.2. The van der Waals surface area contributed by atoms with Gasteiger partial charge in [0.05, 0.1) is 35.8 Å². The lowest BCUT2D eigenvalue weighted by Crippen LogP contribution is -2.60. The molecule has 1 N–H and O–H groups in total. The second-order valence-corrected chi connectivity index (χ2v) is 13.5. The Morgan fingerprint density at radius 2 is 1.95 bits per heavy atom. The highest BCUT2D eigenvalue weighted by molar-refractivity contribution is 8.02. The van der Waals surface area contributed by atoms with Crippen LogP contribution in [-0.2, 0) is 19.1 Å². The van der Waals surface area contributed by atoms with Crippen LogP contribution in [-0.4, -0.2) is 74.0 Å². The number of benzene rings is 1. The molecule has 3 saturated heterocycles. The van der Waals surface area contributed by atoms with Crippen LogP contribution < -0.4 is 0 Å². The van der Waals surface area contributed by atoms with Crippen molar-refractivity contribution in [3.8, 4) is 0 Å². The number of aliphatic hydroxyl groups is 1. The first-order valence-electron chi connectivity index (χ1n) is 13.9. The number of aliphatic hydroxyl groups excluding tert-OH is 1. The average molecular weight is 555 g/mol. The van der Waals surface area contributed by atoms with E-state index in [1.54, 1.807) is 33.7 Å². The van der Waals surface area contributed by atoms with Crippen LogP contribution >= 0.6 is 11.8 Å². The molecule has 7 nitrogen and oxygen atoms in total. The first-order chi connectivity index (χ1) is 18.5. The molecule has 0 radical (unpaired) electrons. The number of likely N-dealkylation sites (tertiary alicyclic amines) is 1. The molecule has 3 aliphatic rings. The molecule has 3 heterocycles. The lowest BCUT2D eigenvalue weighted by Gasteiger charge is -2.45. The predicted molar refractivity (Wildman–Crippen MR) is 154 cm³/mol. The van der Waals surface area contributed by atoms with Crippen LogP contribution in [0.5, 0.6) is 0 Å². The molecule has 1 aromatic carbocycles. The average Bonchev–Trinajstić information content (AvgIpc) is 3.49. The van der Waals surface area contributed by atoms with Gasteiger partial charge in [-0.1, -0.05) is 49.4 Å². The van der Waals surface area contributed by atoms with E-state index in [4.69, 9.17) is 4.74 Å². The van der Waals surface area contributed by atoms with Crippen LogP contribution in [0.4, 0.5) is 0 Å². The van der Waals surface area contributed by atoms with Gasteiger partial charge < -0.3 is 19.6 Å². The summed E-state index contributed by atoms with van der Waals surface area (Å²) in [5.74, 6) is -2.09. The zero-order valence-electron chi connectivity index (χ0n) is 23.5. The second-order valence-electron chi connectivity index (χ2n) is 11.9. The molecular formula is C31H42N2O5S. The van der Waals surface area contributed by atoms with E-state index in [9.17, 15) is 19.5 Å². The van der Waals surface area contributed by atoms with Gasteiger partial charge in [0.15, 0.2) is 0 Å². The fourth-order valence-corrected chi connectivity index (χ4v) is 9.23. The summed E-state index contributed by atoms with van der Waals surface area (Å²) in [6, 6.07) is 7.78. The number of allylic oxidation sites excluding steroid dienone is 1. The Morgan fingerprint density at radius 1 is 1.26 bits per heavy atom. The van der Waals surface area contributed by atoms with Crippen molar-refractivity contribution in [2.75, 3.05) is 19.8 Å². The molecule has 3 unspecified atom stereocenters. The monoisotopic (exact) mass is 554 g/mol. The van der Waals surface area contributed by atoms with Gasteiger partial charge in [-0.25, -0.2) is 0 Å². The maximum absolute atomic E-state index is 14.6. The van der Waals surface area contributed by atoms with Gasteiger partial charge >= 0.3 is 5.97 Å². The molecule has 8 heteroatoms. The smallest absolute Gasteiger partial charge is 0.310 e. The third-order valence-corrected chi connectivity index (χ3v) is 10.6. The summed E-state index contributed by atoms with van der Waals surface area (Å²) in [6.07, 6.45) is 5.63. The number of amides is 2. The molecule has 7 atom stereocenters. The fraction of sp³-hybridized carbons (Fsp3) is 0.581. The van der Waals surface area contributed by atoms with Crippen LogP contribution in [0.2, 0.25) is 0 Å². The normalized spacial score (nSPS) is 30.1. The zero-order chi connectivity index (χ0) is 28.5. The lowest BCUT2D eigenvalue weighted by atomic mass is 9.66. The van der Waals surface area contributed by atoms with Crippen LogP contribution in [0.15, 0.2) is 55.6 Å². The summed E-state index contributed by atoms with van der Waals surface area (Å²) in [7, 11) is 0. The maximum atomic E-state index is 14.6. The Balaban J connectivity index is 1.82. The van der Waals surface area contributed by atoms with E-state index in [-0.39, 0.29) is 42.2 Å².